The molecule has 56 valence electrons. The summed E-state index contributed by atoms with van der Waals surface area (Å²) >= 11 is 0. The lowest BCUT2D eigenvalue weighted by molar-refractivity contribution is 0.165. The maximum absolute atomic E-state index is 5.38. The highest BCUT2D eigenvalue weighted by atomic mass is 16.5. The quantitative estimate of drug-likeness (QED) is 0.501. The van der Waals surface area contributed by atoms with Gasteiger partial charge in [0.2, 0.25) is 0 Å². The molecule has 1 aliphatic heterocycles. The molecule has 0 aromatic heterocycles. The molecule has 1 atom stereocenters. The third-order valence-electron chi connectivity index (χ3n) is 2.32. The minimum atomic E-state index is 0.0243. The molecule has 0 aromatic carbocycles. The zero-order chi connectivity index (χ0) is 7.61. The van der Waals surface area contributed by atoms with E-state index in [0.29, 0.717) is 5.92 Å². The second kappa shape index (κ2) is 2.64. The predicted octanol–water partition coefficient (Wildman–Crippen LogP) is 1.68. The summed E-state index contributed by atoms with van der Waals surface area (Å²) in [6.45, 7) is 5.94. The monoisotopic (exact) mass is 138 g/mol. The molecule has 1 fully saturated rings. The molecule has 0 aliphatic carbocycles. The van der Waals surface area contributed by atoms with Gasteiger partial charge in [-0.25, -0.2) is 0 Å². The summed E-state index contributed by atoms with van der Waals surface area (Å²) in [5.74, 6) is 3.37. The van der Waals surface area contributed by atoms with Crippen molar-refractivity contribution in [1.82, 2.24) is 0 Å². The molecule has 0 aromatic rings. The Morgan fingerprint density at radius 3 is 2.70 bits per heavy atom. The van der Waals surface area contributed by atoms with Crippen molar-refractivity contribution in [3.63, 3.8) is 0 Å². The summed E-state index contributed by atoms with van der Waals surface area (Å²) in [6, 6.07) is 0. The number of rotatable bonds is 1. The van der Waals surface area contributed by atoms with Crippen LogP contribution in [0.2, 0.25) is 0 Å². The van der Waals surface area contributed by atoms with Gasteiger partial charge in [0, 0.05) is 17.9 Å². The van der Waals surface area contributed by atoms with Crippen molar-refractivity contribution in [2.75, 3.05) is 13.2 Å². The minimum absolute atomic E-state index is 0.0243. The molecule has 1 heteroatoms. The molecule has 10 heavy (non-hydrogen) atoms. The second-order valence-corrected chi connectivity index (χ2v) is 3.43. The van der Waals surface area contributed by atoms with Crippen LogP contribution in [0.5, 0.6) is 0 Å². The van der Waals surface area contributed by atoms with Crippen molar-refractivity contribution < 1.29 is 4.74 Å². The maximum atomic E-state index is 5.38. The smallest absolute Gasteiger partial charge is 0.0509 e. The minimum Gasteiger partial charge on any atom is -0.381 e. The fraction of sp³-hybridized carbons (Fsp3) is 0.778. The molecule has 1 heterocycles. The highest BCUT2D eigenvalue weighted by Gasteiger charge is 2.30. The lowest BCUT2D eigenvalue weighted by atomic mass is 9.79. The molecule has 1 nitrogen and oxygen atoms in total. The van der Waals surface area contributed by atoms with Gasteiger partial charge in [-0.15, -0.1) is 12.3 Å². The molecular formula is C9H14O. The molecule has 0 unspecified atom stereocenters. The molecule has 0 amide bonds. The Labute approximate surface area is 62.8 Å². The fourth-order valence-electron chi connectivity index (χ4n) is 1.22. The molecule has 0 bridgehead atoms. The normalized spacial score (nSPS) is 26.3. The third-order valence-corrected chi connectivity index (χ3v) is 2.32. The van der Waals surface area contributed by atoms with E-state index in [2.05, 4.69) is 19.8 Å². The first-order chi connectivity index (χ1) is 4.67. The third kappa shape index (κ3) is 1.33. The summed E-state index contributed by atoms with van der Waals surface area (Å²) < 4.78 is 5.25. The molecule has 0 radical (unpaired) electrons. The molecular weight excluding hydrogens is 124 g/mol. The van der Waals surface area contributed by atoms with E-state index in [1.807, 2.05) is 0 Å². The van der Waals surface area contributed by atoms with E-state index in [9.17, 15) is 0 Å². The van der Waals surface area contributed by atoms with E-state index in [-0.39, 0.29) is 5.41 Å². The maximum Gasteiger partial charge on any atom is 0.0509 e. The Bertz CT molecular complexity index is 147. The first-order valence-corrected chi connectivity index (χ1v) is 3.72. The highest BCUT2D eigenvalue weighted by Crippen LogP contribution is 2.31. The number of ether oxygens (including phenoxy) is 1. The van der Waals surface area contributed by atoms with Crippen LogP contribution in [0.4, 0.5) is 0 Å². The van der Waals surface area contributed by atoms with Crippen molar-refractivity contribution >= 4 is 0 Å². The van der Waals surface area contributed by atoms with Gasteiger partial charge in [-0.3, -0.25) is 0 Å². The lowest BCUT2D eigenvalue weighted by Crippen LogP contribution is -2.21. The van der Waals surface area contributed by atoms with Crippen molar-refractivity contribution in [2.45, 2.75) is 20.3 Å². The zero-order valence-corrected chi connectivity index (χ0v) is 6.68. The van der Waals surface area contributed by atoms with Gasteiger partial charge in [0.1, 0.15) is 0 Å². The van der Waals surface area contributed by atoms with Gasteiger partial charge in [-0.1, -0.05) is 0 Å². The number of terminal acetylenes is 1. The van der Waals surface area contributed by atoms with Crippen LogP contribution in [-0.2, 0) is 4.74 Å². The zero-order valence-electron chi connectivity index (χ0n) is 6.68. The van der Waals surface area contributed by atoms with E-state index < -0.39 is 0 Å². The van der Waals surface area contributed by atoms with Gasteiger partial charge in [-0.05, 0) is 20.3 Å². The number of hydrogen-bond acceptors (Lipinski definition) is 1. The predicted molar refractivity (Wildman–Crippen MR) is 41.5 cm³/mol. The average molecular weight is 138 g/mol. The molecule has 0 N–H and O–H groups in total. The van der Waals surface area contributed by atoms with Crippen LogP contribution in [0.1, 0.15) is 20.3 Å². The van der Waals surface area contributed by atoms with Crippen LogP contribution in [0, 0.1) is 23.7 Å². The first-order valence-electron chi connectivity index (χ1n) is 3.72. The van der Waals surface area contributed by atoms with Crippen LogP contribution in [0.15, 0.2) is 0 Å². The summed E-state index contributed by atoms with van der Waals surface area (Å²) in [6.07, 6.45) is 6.50. The van der Waals surface area contributed by atoms with Crippen LogP contribution in [0.3, 0.4) is 0 Å². The van der Waals surface area contributed by atoms with E-state index in [0.717, 1.165) is 19.6 Å². The Morgan fingerprint density at radius 2 is 2.30 bits per heavy atom. The molecule has 1 saturated heterocycles. The van der Waals surface area contributed by atoms with Crippen LogP contribution >= 0.6 is 0 Å². The Morgan fingerprint density at radius 1 is 1.60 bits per heavy atom. The Balaban J connectivity index is 2.56. The van der Waals surface area contributed by atoms with Gasteiger partial charge in [0.15, 0.2) is 0 Å². The molecule has 0 saturated carbocycles. The molecule has 1 rings (SSSR count). The largest absolute Gasteiger partial charge is 0.381 e. The topological polar surface area (TPSA) is 9.23 Å². The lowest BCUT2D eigenvalue weighted by Gasteiger charge is -2.23. The highest BCUT2D eigenvalue weighted by molar-refractivity contribution is 5.04. The van der Waals surface area contributed by atoms with Crippen molar-refractivity contribution in [3.8, 4) is 12.3 Å². The fourth-order valence-corrected chi connectivity index (χ4v) is 1.22. The summed E-state index contributed by atoms with van der Waals surface area (Å²) in [5, 5.41) is 0. The summed E-state index contributed by atoms with van der Waals surface area (Å²) in [7, 11) is 0. The van der Waals surface area contributed by atoms with Gasteiger partial charge in [-0.2, -0.15) is 0 Å². The van der Waals surface area contributed by atoms with Crippen molar-refractivity contribution in [3.05, 3.63) is 0 Å². The SMILES string of the molecule is C#CC(C)(C)[C@H]1CCOC1. The Hall–Kier alpha value is -0.480. The standard InChI is InChI=1S/C9H14O/c1-4-9(2,3)8-5-6-10-7-8/h1,8H,5-7H2,2-3H3/t8-/m0/s1. The van der Waals surface area contributed by atoms with E-state index >= 15 is 0 Å². The van der Waals surface area contributed by atoms with Crippen LogP contribution in [0.25, 0.3) is 0 Å². The van der Waals surface area contributed by atoms with Gasteiger partial charge >= 0.3 is 0 Å². The summed E-state index contributed by atoms with van der Waals surface area (Å²) in [4.78, 5) is 0. The second-order valence-electron chi connectivity index (χ2n) is 3.43. The van der Waals surface area contributed by atoms with E-state index in [4.69, 9.17) is 11.2 Å². The molecule has 1 aliphatic rings. The first kappa shape index (κ1) is 7.63. The van der Waals surface area contributed by atoms with Crippen molar-refractivity contribution in [1.29, 1.82) is 0 Å². The number of hydrogen-bond donors (Lipinski definition) is 0. The Kier molecular flexibility index (Phi) is 2.01. The molecule has 0 spiro atoms. The van der Waals surface area contributed by atoms with Gasteiger partial charge in [0.25, 0.3) is 0 Å². The van der Waals surface area contributed by atoms with Crippen molar-refractivity contribution in [2.24, 2.45) is 11.3 Å². The average Bonchev–Trinajstić information content (AvgIpc) is 2.38. The van der Waals surface area contributed by atoms with Crippen LogP contribution < -0.4 is 0 Å². The summed E-state index contributed by atoms with van der Waals surface area (Å²) in [5.41, 5.74) is 0.0243. The van der Waals surface area contributed by atoms with Crippen LogP contribution in [-0.4, -0.2) is 13.2 Å². The van der Waals surface area contributed by atoms with E-state index in [1.54, 1.807) is 0 Å². The van der Waals surface area contributed by atoms with Gasteiger partial charge in [0.05, 0.1) is 6.61 Å². The van der Waals surface area contributed by atoms with Gasteiger partial charge < -0.3 is 4.74 Å². The van der Waals surface area contributed by atoms with E-state index in [1.165, 1.54) is 0 Å².